The minimum atomic E-state index is -0.553. The van der Waals surface area contributed by atoms with Crippen LogP contribution in [0.25, 0.3) is 0 Å². The first kappa shape index (κ1) is 14.4. The first-order valence-electron chi connectivity index (χ1n) is 9.94. The van der Waals surface area contributed by atoms with Gasteiger partial charge in [0, 0.05) is 29.6 Å². The van der Waals surface area contributed by atoms with E-state index in [1.54, 1.807) is 0 Å². The highest BCUT2D eigenvalue weighted by molar-refractivity contribution is 6.02. The predicted octanol–water partition coefficient (Wildman–Crippen LogP) is 1.03. The van der Waals surface area contributed by atoms with Crippen LogP contribution >= 0.6 is 0 Å². The molecule has 7 rings (SSSR count). The Hall–Kier alpha value is -1.69. The molecule has 1 aromatic carbocycles. The summed E-state index contributed by atoms with van der Waals surface area (Å²) in [6, 6.07) is 8.79. The number of carbonyl (C=O) groups is 1. The smallest absolute Gasteiger partial charge is 0.246 e. The monoisotopic (exact) mass is 349 g/mol. The van der Waals surface area contributed by atoms with Gasteiger partial charge < -0.3 is 15.4 Å². The van der Waals surface area contributed by atoms with Crippen molar-refractivity contribution in [1.82, 2.24) is 4.90 Å². The third-order valence-corrected chi connectivity index (χ3v) is 8.38. The summed E-state index contributed by atoms with van der Waals surface area (Å²) < 4.78 is 6.24. The van der Waals surface area contributed by atoms with Gasteiger partial charge in [0.25, 0.3) is 0 Å². The zero-order valence-corrected chi connectivity index (χ0v) is 14.7. The van der Waals surface area contributed by atoms with Crippen LogP contribution in [-0.4, -0.2) is 54.7 Å². The predicted molar refractivity (Wildman–Crippen MR) is 96.8 cm³/mol. The van der Waals surface area contributed by atoms with Crippen LogP contribution < -0.4 is 10.6 Å². The fraction of sp³-hybridized carbons (Fsp3) is 0.571. The van der Waals surface area contributed by atoms with Gasteiger partial charge >= 0.3 is 0 Å². The van der Waals surface area contributed by atoms with Crippen molar-refractivity contribution in [1.29, 1.82) is 0 Å². The summed E-state index contributed by atoms with van der Waals surface area (Å²) in [6.45, 7) is 2.80. The number of piperidine rings is 2. The molecular weight excluding hydrogens is 326 g/mol. The van der Waals surface area contributed by atoms with Crippen molar-refractivity contribution >= 4 is 11.6 Å². The molecule has 26 heavy (non-hydrogen) atoms. The number of hydrogen-bond donors (Lipinski definition) is 1. The molecule has 3 saturated heterocycles. The Balaban J connectivity index is 1.56. The first-order chi connectivity index (χ1) is 12.7. The third-order valence-electron chi connectivity index (χ3n) is 8.38. The number of benzene rings is 1. The maximum Gasteiger partial charge on any atom is 0.246 e. The molecular formula is C21H23N3O2. The number of hydrogen-bond acceptors (Lipinski definition) is 4. The summed E-state index contributed by atoms with van der Waals surface area (Å²) in [7, 11) is 0. The van der Waals surface area contributed by atoms with Crippen molar-refractivity contribution in [3.8, 4) is 0 Å². The molecule has 2 bridgehead atoms. The summed E-state index contributed by atoms with van der Waals surface area (Å²) >= 11 is 0. The molecule has 134 valence electrons. The van der Waals surface area contributed by atoms with E-state index in [-0.39, 0.29) is 23.5 Å². The minimum absolute atomic E-state index is 0.0578. The lowest BCUT2D eigenvalue weighted by Crippen LogP contribution is -2.73. The molecule has 0 unspecified atom stereocenters. The van der Waals surface area contributed by atoms with Gasteiger partial charge in [-0.25, -0.2) is 0 Å². The molecule has 1 aromatic rings. The molecule has 6 aliphatic rings. The number of ether oxygens (including phenoxy) is 1. The van der Waals surface area contributed by atoms with Crippen molar-refractivity contribution in [3.05, 3.63) is 41.5 Å². The standard InChI is InChI=1S/C21H23N3O2/c22-17-18-16-12-9-15-21(6-7-23(15)10-11(12)5-8-26-18)13-3-1-2-4-14(13)24(19(16)21)20(17)25/h1-5,12,15-19H,6-10,22H2/t12-,15-,16-,17-,18+,19-,21+/m0/s1. The lowest BCUT2D eigenvalue weighted by molar-refractivity contribution is -0.135. The van der Waals surface area contributed by atoms with E-state index in [9.17, 15) is 4.79 Å². The topological polar surface area (TPSA) is 58.8 Å². The Morgan fingerprint density at radius 2 is 2.15 bits per heavy atom. The van der Waals surface area contributed by atoms with Gasteiger partial charge in [-0.3, -0.25) is 9.69 Å². The second-order valence-electron chi connectivity index (χ2n) is 8.97. The largest absolute Gasteiger partial charge is 0.372 e. The number of rotatable bonds is 0. The Morgan fingerprint density at radius 3 is 3.08 bits per heavy atom. The Bertz CT molecular complexity index is 882. The summed E-state index contributed by atoms with van der Waals surface area (Å²) in [6.07, 6.45) is 4.47. The number of nitrogens with two attached hydrogens (primary N) is 1. The molecule has 1 amide bonds. The van der Waals surface area contributed by atoms with Gasteiger partial charge in [-0.05, 0) is 36.9 Å². The van der Waals surface area contributed by atoms with E-state index in [1.807, 2.05) is 0 Å². The van der Waals surface area contributed by atoms with Crippen LogP contribution in [0.1, 0.15) is 18.4 Å². The first-order valence-corrected chi connectivity index (χ1v) is 9.94. The van der Waals surface area contributed by atoms with Gasteiger partial charge in [-0.15, -0.1) is 0 Å². The zero-order valence-electron chi connectivity index (χ0n) is 14.7. The molecule has 5 nitrogen and oxygen atoms in total. The third kappa shape index (κ3) is 1.33. The van der Waals surface area contributed by atoms with E-state index in [0.717, 1.165) is 25.2 Å². The quantitative estimate of drug-likeness (QED) is 0.711. The van der Waals surface area contributed by atoms with Crippen LogP contribution in [0.5, 0.6) is 0 Å². The van der Waals surface area contributed by atoms with E-state index < -0.39 is 6.04 Å². The van der Waals surface area contributed by atoms with E-state index in [2.05, 4.69) is 40.1 Å². The Morgan fingerprint density at radius 1 is 1.27 bits per heavy atom. The molecule has 1 saturated carbocycles. The molecule has 0 aromatic heterocycles. The van der Waals surface area contributed by atoms with Crippen molar-refractivity contribution in [2.24, 2.45) is 17.6 Å². The van der Waals surface area contributed by atoms with E-state index in [1.165, 1.54) is 17.6 Å². The lowest BCUT2D eigenvalue weighted by atomic mass is 9.53. The highest BCUT2D eigenvalue weighted by Crippen LogP contribution is 2.65. The molecule has 2 N–H and O–H groups in total. The van der Waals surface area contributed by atoms with Crippen LogP contribution in [0.3, 0.4) is 0 Å². The van der Waals surface area contributed by atoms with Gasteiger partial charge in [0.15, 0.2) is 0 Å². The maximum atomic E-state index is 13.4. The molecule has 1 aliphatic carbocycles. The fourth-order valence-corrected chi connectivity index (χ4v) is 7.59. The summed E-state index contributed by atoms with van der Waals surface area (Å²) in [4.78, 5) is 18.2. The van der Waals surface area contributed by atoms with Crippen molar-refractivity contribution < 1.29 is 9.53 Å². The number of anilines is 1. The van der Waals surface area contributed by atoms with Gasteiger partial charge in [0.2, 0.25) is 5.91 Å². The van der Waals surface area contributed by atoms with Crippen molar-refractivity contribution in [3.63, 3.8) is 0 Å². The summed E-state index contributed by atoms with van der Waals surface area (Å²) in [5, 5.41) is 0. The highest BCUT2D eigenvalue weighted by Gasteiger charge is 2.72. The van der Waals surface area contributed by atoms with Crippen LogP contribution in [0, 0.1) is 11.8 Å². The van der Waals surface area contributed by atoms with Gasteiger partial charge in [0.1, 0.15) is 6.04 Å². The molecule has 1 spiro atoms. The second kappa shape index (κ2) is 4.41. The van der Waals surface area contributed by atoms with E-state index in [4.69, 9.17) is 10.5 Å². The number of amides is 1. The normalized spacial score (nSPS) is 47.5. The molecule has 0 radical (unpaired) electrons. The number of fused-ring (bicyclic) bond motifs is 2. The lowest BCUT2D eigenvalue weighted by Gasteiger charge is -2.59. The van der Waals surface area contributed by atoms with E-state index >= 15 is 0 Å². The second-order valence-corrected chi connectivity index (χ2v) is 8.97. The number of nitrogens with zero attached hydrogens (tertiary/aromatic N) is 2. The van der Waals surface area contributed by atoms with Crippen LogP contribution in [0.2, 0.25) is 0 Å². The Kier molecular flexibility index (Phi) is 2.44. The fourth-order valence-electron chi connectivity index (χ4n) is 7.59. The van der Waals surface area contributed by atoms with Gasteiger partial charge in [-0.2, -0.15) is 0 Å². The SMILES string of the molecule is N[C@@H]1C(=O)N2c3ccccc3[C@@]34CCN5CC6=CCO[C@@H]1[C@@H]([C@H]23)[C@H]6C[C@H]54. The highest BCUT2D eigenvalue weighted by atomic mass is 16.5. The van der Waals surface area contributed by atoms with Crippen molar-refractivity contribution in [2.45, 2.75) is 42.5 Å². The average molecular weight is 349 g/mol. The summed E-state index contributed by atoms with van der Waals surface area (Å²) in [5.74, 6) is 0.888. The maximum absolute atomic E-state index is 13.4. The van der Waals surface area contributed by atoms with Crippen LogP contribution in [0.4, 0.5) is 5.69 Å². The molecule has 5 heteroatoms. The number of para-hydroxylation sites is 1. The molecule has 5 aliphatic heterocycles. The van der Waals surface area contributed by atoms with Crippen LogP contribution in [-0.2, 0) is 14.9 Å². The molecule has 4 fully saturated rings. The minimum Gasteiger partial charge on any atom is -0.372 e. The Labute approximate surface area is 152 Å². The van der Waals surface area contributed by atoms with Crippen molar-refractivity contribution in [2.75, 3.05) is 24.6 Å². The molecule has 7 atom stereocenters. The van der Waals surface area contributed by atoms with Gasteiger partial charge in [0.05, 0.1) is 18.8 Å². The summed E-state index contributed by atoms with van der Waals surface area (Å²) in [5.41, 5.74) is 10.6. The zero-order chi connectivity index (χ0) is 17.2. The van der Waals surface area contributed by atoms with Crippen LogP contribution in [0.15, 0.2) is 35.9 Å². The number of carbonyl (C=O) groups excluding carboxylic acids is 1. The van der Waals surface area contributed by atoms with Gasteiger partial charge in [-0.1, -0.05) is 29.8 Å². The molecule has 5 heterocycles. The average Bonchev–Trinajstić information content (AvgIpc) is 3.12. The van der Waals surface area contributed by atoms with E-state index in [0.29, 0.717) is 24.5 Å².